The zero-order valence-corrected chi connectivity index (χ0v) is 26.9. The number of esters is 1. The first-order valence-corrected chi connectivity index (χ1v) is 16.0. The molecule has 5 heterocycles. The maximum atomic E-state index is 14.0. The lowest BCUT2D eigenvalue weighted by Gasteiger charge is -2.28. The maximum absolute atomic E-state index is 14.0. The van der Waals surface area contributed by atoms with Crippen LogP contribution >= 0.6 is 0 Å². The SMILES string of the molecule is COC(=O)[C@H]1COC(c2nc3oc2C24c5ccccc5N[C@H]2Oc2ccc(cc24)C[C@H](CC(=O)[C@@H](O)C(C)C)C(=O)N[C@H]3C(C)C)=N1. The Kier molecular flexibility index (Phi) is 7.58. The van der Waals surface area contributed by atoms with Gasteiger partial charge in [0.05, 0.1) is 7.11 Å². The highest BCUT2D eigenvalue weighted by Crippen LogP contribution is 2.58. The van der Waals surface area contributed by atoms with Gasteiger partial charge in [-0.1, -0.05) is 58.0 Å². The number of ether oxygens (including phenoxy) is 3. The first-order chi connectivity index (χ1) is 22.5. The standard InChI is InChI=1S/C35H38N4O8/c1-16(2)26-32-39-27(31-36-23(15-45-31)33(43)44-5)29(47-32)35-20-8-6-7-9-22(20)37-34(35)46-25-11-10-18(13-21(25)35)12-19(30(42)38-26)14-24(40)28(41)17(3)4/h6-11,13,16-17,19,23,26,28,34,37,41H,12,14-15H2,1-5H3,(H,38,42)/t19-,23-,26+,28+,34+,35?/m1/s1. The fraction of sp³-hybridized carbons (Fsp3) is 0.457. The summed E-state index contributed by atoms with van der Waals surface area (Å²) in [6.45, 7) is 7.39. The monoisotopic (exact) mass is 642 g/mol. The molecule has 1 aromatic heterocycles. The smallest absolute Gasteiger partial charge is 0.334 e. The van der Waals surface area contributed by atoms with E-state index in [0.29, 0.717) is 17.2 Å². The van der Waals surface area contributed by atoms with E-state index >= 15 is 0 Å². The van der Waals surface area contributed by atoms with Crippen molar-refractivity contribution in [2.75, 3.05) is 19.0 Å². The van der Waals surface area contributed by atoms with Crippen LogP contribution in [0.1, 0.15) is 74.2 Å². The number of nitrogens with one attached hydrogen (secondary N) is 2. The molecule has 6 atom stereocenters. The van der Waals surface area contributed by atoms with Crippen LogP contribution in [-0.2, 0) is 35.7 Å². The van der Waals surface area contributed by atoms with Gasteiger partial charge in [-0.15, -0.1) is 0 Å². The lowest BCUT2D eigenvalue weighted by atomic mass is 9.72. The van der Waals surface area contributed by atoms with E-state index < -0.39 is 41.7 Å². The number of nitrogens with zero attached hydrogens (tertiary/aromatic N) is 2. The molecule has 2 aromatic carbocycles. The highest BCUT2D eigenvalue weighted by atomic mass is 16.5. The van der Waals surface area contributed by atoms with Crippen LogP contribution in [0, 0.1) is 17.8 Å². The topological polar surface area (TPSA) is 162 Å². The molecular weight excluding hydrogens is 604 g/mol. The van der Waals surface area contributed by atoms with Crippen LogP contribution in [-0.4, -0.2) is 65.7 Å². The van der Waals surface area contributed by atoms with Crippen molar-refractivity contribution < 1.29 is 38.1 Å². The maximum Gasteiger partial charge on any atom is 0.334 e. The average Bonchev–Trinajstić information content (AvgIpc) is 3.83. The van der Waals surface area contributed by atoms with Crippen LogP contribution in [0.2, 0.25) is 0 Å². The number of carbonyl (C=O) groups excluding carboxylic acids is 3. The number of hydrogen-bond donors (Lipinski definition) is 3. The van der Waals surface area contributed by atoms with Crippen LogP contribution in [0.15, 0.2) is 51.9 Å². The van der Waals surface area contributed by atoms with Crippen molar-refractivity contribution in [2.45, 2.75) is 70.4 Å². The Hall–Kier alpha value is -4.71. The number of aliphatic hydroxyl groups is 1. The van der Waals surface area contributed by atoms with Crippen molar-refractivity contribution in [3.05, 3.63) is 76.5 Å². The molecule has 1 spiro atoms. The number of anilines is 1. The summed E-state index contributed by atoms with van der Waals surface area (Å²) in [5.74, 6) is -1.13. The molecule has 12 heteroatoms. The largest absolute Gasteiger partial charge is 0.473 e. The number of benzene rings is 2. The number of aromatic nitrogens is 1. The van der Waals surface area contributed by atoms with Crippen LogP contribution in [0.5, 0.6) is 5.75 Å². The van der Waals surface area contributed by atoms with Crippen LogP contribution < -0.4 is 15.4 Å². The molecule has 1 amide bonds. The summed E-state index contributed by atoms with van der Waals surface area (Å²) < 4.78 is 24.3. The minimum atomic E-state index is -1.18. The predicted octanol–water partition coefficient (Wildman–Crippen LogP) is 3.43. The number of hydrogen-bond acceptors (Lipinski definition) is 11. The number of aliphatic hydroxyl groups excluding tert-OH is 1. The van der Waals surface area contributed by atoms with Gasteiger partial charge in [0.1, 0.15) is 29.9 Å². The molecule has 0 aliphatic carbocycles. The lowest BCUT2D eigenvalue weighted by Crippen LogP contribution is -2.41. The molecule has 3 N–H and O–H groups in total. The Labute approximate surface area is 271 Å². The molecule has 4 bridgehead atoms. The van der Waals surface area contributed by atoms with Gasteiger partial charge in [-0.05, 0) is 41.5 Å². The number of aliphatic imine (C=N–C) groups is 1. The molecule has 12 nitrogen and oxygen atoms in total. The molecule has 0 radical (unpaired) electrons. The van der Waals surface area contributed by atoms with Gasteiger partial charge in [-0.25, -0.2) is 14.8 Å². The Morgan fingerprint density at radius 1 is 1.11 bits per heavy atom. The predicted molar refractivity (Wildman–Crippen MR) is 169 cm³/mol. The quantitative estimate of drug-likeness (QED) is 0.326. The average molecular weight is 643 g/mol. The fourth-order valence-corrected chi connectivity index (χ4v) is 7.06. The van der Waals surface area contributed by atoms with Crippen LogP contribution in [0.4, 0.5) is 5.69 Å². The van der Waals surface area contributed by atoms with E-state index in [4.69, 9.17) is 23.6 Å². The summed E-state index contributed by atoms with van der Waals surface area (Å²) in [6, 6.07) is 12.1. The minimum absolute atomic E-state index is 0.0194. The van der Waals surface area contributed by atoms with Crippen molar-refractivity contribution >= 4 is 29.2 Å². The van der Waals surface area contributed by atoms with E-state index in [-0.39, 0.29) is 54.8 Å². The second-order valence-corrected chi connectivity index (χ2v) is 13.3. The van der Waals surface area contributed by atoms with E-state index in [1.54, 1.807) is 13.8 Å². The molecule has 246 valence electrons. The van der Waals surface area contributed by atoms with E-state index in [9.17, 15) is 19.5 Å². The summed E-state index contributed by atoms with van der Waals surface area (Å²) >= 11 is 0. The van der Waals surface area contributed by atoms with Gasteiger partial charge < -0.3 is 34.4 Å². The van der Waals surface area contributed by atoms with Gasteiger partial charge in [0.25, 0.3) is 0 Å². The molecule has 4 aliphatic rings. The molecule has 3 aromatic rings. The van der Waals surface area contributed by atoms with Gasteiger partial charge >= 0.3 is 5.97 Å². The third kappa shape index (κ3) is 4.88. The van der Waals surface area contributed by atoms with Crippen molar-refractivity contribution in [3.63, 3.8) is 0 Å². The molecular formula is C35H38N4O8. The van der Waals surface area contributed by atoms with E-state index in [2.05, 4.69) is 15.6 Å². The first-order valence-electron chi connectivity index (χ1n) is 16.0. The fourth-order valence-electron chi connectivity index (χ4n) is 7.06. The molecule has 4 aliphatic heterocycles. The van der Waals surface area contributed by atoms with Crippen molar-refractivity contribution in [3.8, 4) is 5.75 Å². The highest BCUT2D eigenvalue weighted by Gasteiger charge is 2.61. The molecule has 0 fully saturated rings. The summed E-state index contributed by atoms with van der Waals surface area (Å²) in [4.78, 5) is 49.1. The Bertz CT molecular complexity index is 1800. The molecule has 0 saturated carbocycles. The number of ketones is 1. The van der Waals surface area contributed by atoms with E-state index in [0.717, 1.165) is 22.4 Å². The Morgan fingerprint density at radius 2 is 1.89 bits per heavy atom. The first kappa shape index (κ1) is 30.9. The van der Waals surface area contributed by atoms with Crippen molar-refractivity contribution in [1.29, 1.82) is 0 Å². The summed E-state index contributed by atoms with van der Waals surface area (Å²) in [5, 5.41) is 17.2. The number of fused-ring (bicyclic) bond motifs is 4. The molecule has 1 unspecified atom stereocenters. The Morgan fingerprint density at radius 3 is 2.64 bits per heavy atom. The number of para-hydroxylation sites is 1. The van der Waals surface area contributed by atoms with Crippen LogP contribution in [0.3, 0.4) is 0 Å². The zero-order chi connectivity index (χ0) is 33.2. The second kappa shape index (κ2) is 11.5. The van der Waals surface area contributed by atoms with E-state index in [1.165, 1.54) is 7.11 Å². The van der Waals surface area contributed by atoms with Crippen LogP contribution in [0.25, 0.3) is 0 Å². The number of carbonyl (C=O) groups is 3. The van der Waals surface area contributed by atoms with Gasteiger partial charge in [-0.3, -0.25) is 9.59 Å². The number of methoxy groups -OCH3 is 1. The molecule has 47 heavy (non-hydrogen) atoms. The van der Waals surface area contributed by atoms with Gasteiger partial charge in [0.15, 0.2) is 29.5 Å². The van der Waals surface area contributed by atoms with Crippen molar-refractivity contribution in [2.24, 2.45) is 22.7 Å². The number of oxazole rings is 1. The highest BCUT2D eigenvalue weighted by molar-refractivity contribution is 5.98. The summed E-state index contributed by atoms with van der Waals surface area (Å²) in [6.07, 6.45) is -1.69. The van der Waals surface area contributed by atoms with Crippen molar-refractivity contribution in [1.82, 2.24) is 10.3 Å². The zero-order valence-electron chi connectivity index (χ0n) is 26.9. The second-order valence-electron chi connectivity index (χ2n) is 13.3. The normalized spacial score (nSPS) is 26.1. The van der Waals surface area contributed by atoms with Gasteiger partial charge in [0, 0.05) is 23.6 Å². The molecule has 0 saturated heterocycles. The number of amides is 1. The van der Waals surface area contributed by atoms with Gasteiger partial charge in [-0.2, -0.15) is 0 Å². The molecule has 7 rings (SSSR count). The summed E-state index contributed by atoms with van der Waals surface area (Å²) in [5.41, 5.74) is 2.59. The minimum Gasteiger partial charge on any atom is -0.473 e. The Balaban J connectivity index is 1.46. The third-order valence-corrected chi connectivity index (χ3v) is 9.57. The third-order valence-electron chi connectivity index (χ3n) is 9.57. The van der Waals surface area contributed by atoms with Gasteiger partial charge in [0.2, 0.25) is 17.7 Å². The number of rotatable bonds is 7. The lowest BCUT2D eigenvalue weighted by molar-refractivity contribution is -0.142. The number of Topliss-reactive ketones (excluding diaryl/α,β-unsaturated/α-hetero) is 1. The summed E-state index contributed by atoms with van der Waals surface area (Å²) in [7, 11) is 1.30. The van der Waals surface area contributed by atoms with E-state index in [1.807, 2.05) is 56.3 Å².